The molecule has 5 aromatic rings. The third-order valence-electron chi connectivity index (χ3n) is 9.71. The van der Waals surface area contributed by atoms with Crippen LogP contribution in [0.5, 0.6) is 23.0 Å². The van der Waals surface area contributed by atoms with E-state index in [1.807, 2.05) is 60.7 Å². The fourth-order valence-electron chi connectivity index (χ4n) is 6.71. The molecule has 0 bridgehead atoms. The van der Waals surface area contributed by atoms with Gasteiger partial charge in [-0.3, -0.25) is 14.6 Å². The number of pyridine rings is 1. The largest absolute Gasteiger partial charge is 0.504 e. The van der Waals surface area contributed by atoms with Crippen molar-refractivity contribution in [2.45, 2.75) is 42.3 Å². The van der Waals surface area contributed by atoms with Gasteiger partial charge in [-0.05, 0) is 71.7 Å². The van der Waals surface area contributed by atoms with E-state index in [9.17, 15) is 39.6 Å². The Morgan fingerprint density at radius 2 is 1.40 bits per heavy atom. The third kappa shape index (κ3) is 8.39. The molecule has 2 fully saturated rings. The van der Waals surface area contributed by atoms with Crippen molar-refractivity contribution in [3.63, 3.8) is 0 Å². The molecule has 0 aliphatic carbocycles. The van der Waals surface area contributed by atoms with Crippen molar-refractivity contribution in [3.05, 3.63) is 154 Å². The monoisotopic (exact) mass is 802 g/mol. The van der Waals surface area contributed by atoms with Gasteiger partial charge >= 0.3 is 12.1 Å². The van der Waals surface area contributed by atoms with E-state index in [1.54, 1.807) is 19.1 Å². The van der Waals surface area contributed by atoms with Crippen LogP contribution in [0.2, 0.25) is 0 Å². The van der Waals surface area contributed by atoms with E-state index in [0.29, 0.717) is 33.5 Å². The third-order valence-corrected chi connectivity index (χ3v) is 11.3. The smallest absolute Gasteiger partial charge is 0.407 e. The number of aromatic hydroxyl groups is 4. The number of carbonyl (C=O) groups excluding carboxylic acids is 4. The van der Waals surface area contributed by atoms with Gasteiger partial charge in [0.1, 0.15) is 18.0 Å². The van der Waals surface area contributed by atoms with Crippen LogP contribution >= 0.6 is 11.8 Å². The molecule has 3 heterocycles. The minimum atomic E-state index is -1.20. The summed E-state index contributed by atoms with van der Waals surface area (Å²) in [4.78, 5) is 60.2. The molecule has 2 aliphatic heterocycles. The second kappa shape index (κ2) is 16.6. The first kappa shape index (κ1) is 39.2. The van der Waals surface area contributed by atoms with Gasteiger partial charge in [-0.15, -0.1) is 11.8 Å². The van der Waals surface area contributed by atoms with Crippen molar-refractivity contribution in [3.8, 4) is 23.0 Å². The number of fused-ring (bicyclic) bond motifs is 1. The molecule has 14 nitrogen and oxygen atoms in total. The number of β-lactam (4-membered cyclic amide) rings is 1. The average molecular weight is 803 g/mol. The SMILES string of the molecule is C[C@@]1(COC(=O)NCc2ccc(O)c(O)c2)SC2/C(=C\c3cc(C(=O)NCc4ccc(O)c(O)c4)ccn3)C(=O)N2[C@H]1C(=O)OC(c1ccccc1)c1ccccc1. The Labute approximate surface area is 336 Å². The number of phenols is 4. The first-order valence-corrected chi connectivity index (χ1v) is 19.0. The average Bonchev–Trinajstić information content (AvgIpc) is 3.52. The fraction of sp³-hybridized carbons (Fsp3) is 0.186. The molecule has 0 radical (unpaired) electrons. The summed E-state index contributed by atoms with van der Waals surface area (Å²) in [6, 6.07) is 28.6. The molecule has 3 amide bonds. The summed E-state index contributed by atoms with van der Waals surface area (Å²) in [5.74, 6) is -2.83. The zero-order valence-electron chi connectivity index (χ0n) is 30.9. The number of hydrogen-bond acceptors (Lipinski definition) is 12. The highest BCUT2D eigenvalue weighted by molar-refractivity contribution is 8.02. The van der Waals surface area contributed by atoms with Crippen LogP contribution in [0.1, 0.15) is 51.3 Å². The zero-order chi connectivity index (χ0) is 41.0. The summed E-state index contributed by atoms with van der Waals surface area (Å²) in [5, 5.41) is 43.5. The van der Waals surface area contributed by atoms with Crippen molar-refractivity contribution in [1.82, 2.24) is 20.5 Å². The number of amides is 3. The topological polar surface area (TPSA) is 208 Å². The van der Waals surface area contributed by atoms with Crippen LogP contribution in [-0.2, 0) is 32.2 Å². The standard InChI is InChI=1S/C43H38N4O10S/c1-43(24-56-42(55)46-23-26-13-15-33(49)35(51)19-26)37(41(54)57-36(27-8-4-2-5-9-27)28-10-6-3-7-11-28)47-39(53)31(40(47)58-43)21-30-20-29(16-17-44-30)38(52)45-22-25-12-14-32(48)34(50)18-25/h2-21,36-37,40,48-51H,22-24H2,1H3,(H,45,52)(H,46,55)/b31-21-/t37-,40?,43-/m0/s1. The summed E-state index contributed by atoms with van der Waals surface area (Å²) in [5.41, 5.74) is 3.38. The van der Waals surface area contributed by atoms with Crippen LogP contribution < -0.4 is 10.6 Å². The molecule has 7 rings (SSSR count). The Morgan fingerprint density at radius 1 is 0.810 bits per heavy atom. The quantitative estimate of drug-likeness (QED) is 0.0399. The predicted octanol–water partition coefficient (Wildman–Crippen LogP) is 5.52. The summed E-state index contributed by atoms with van der Waals surface area (Å²) in [7, 11) is 0. The van der Waals surface area contributed by atoms with Crippen LogP contribution in [0.3, 0.4) is 0 Å². The number of benzene rings is 4. The number of nitrogens with one attached hydrogen (secondary N) is 2. The van der Waals surface area contributed by atoms with E-state index in [1.165, 1.54) is 65.3 Å². The molecule has 1 unspecified atom stereocenters. The van der Waals surface area contributed by atoms with Gasteiger partial charge in [0.15, 0.2) is 29.1 Å². The summed E-state index contributed by atoms with van der Waals surface area (Å²) in [6.07, 6.45) is 1.36. The van der Waals surface area contributed by atoms with Gasteiger partial charge in [-0.25, -0.2) is 9.59 Å². The Kier molecular flexibility index (Phi) is 11.2. The molecule has 3 atom stereocenters. The summed E-state index contributed by atoms with van der Waals surface area (Å²) < 4.78 is 10.7. The van der Waals surface area contributed by atoms with E-state index in [-0.39, 0.29) is 48.3 Å². The fourth-order valence-corrected chi connectivity index (χ4v) is 8.31. The van der Waals surface area contributed by atoms with Crippen molar-refractivity contribution in [1.29, 1.82) is 0 Å². The van der Waals surface area contributed by atoms with Crippen LogP contribution in [0, 0.1) is 0 Å². The zero-order valence-corrected chi connectivity index (χ0v) is 31.8. The molecule has 2 aliphatic rings. The summed E-state index contributed by atoms with van der Waals surface area (Å²) in [6.45, 7) is 1.47. The maximum Gasteiger partial charge on any atom is 0.407 e. The van der Waals surface area contributed by atoms with E-state index >= 15 is 0 Å². The molecule has 4 aromatic carbocycles. The number of carbonyl (C=O) groups is 4. The molecule has 0 saturated carbocycles. The molecule has 15 heteroatoms. The molecule has 296 valence electrons. The lowest BCUT2D eigenvalue weighted by molar-refractivity contribution is -0.161. The lowest BCUT2D eigenvalue weighted by Gasteiger charge is -2.40. The lowest BCUT2D eigenvalue weighted by Crippen LogP contribution is -2.60. The van der Waals surface area contributed by atoms with Gasteiger partial charge in [-0.2, -0.15) is 0 Å². The maximum absolute atomic E-state index is 14.4. The van der Waals surface area contributed by atoms with E-state index in [4.69, 9.17) is 9.47 Å². The van der Waals surface area contributed by atoms with Crippen LogP contribution in [-0.4, -0.2) is 77.0 Å². The van der Waals surface area contributed by atoms with Crippen LogP contribution in [0.25, 0.3) is 6.08 Å². The minimum absolute atomic E-state index is 0.0254. The normalized spacial score (nSPS) is 19.0. The van der Waals surface area contributed by atoms with Gasteiger partial charge in [0, 0.05) is 24.8 Å². The summed E-state index contributed by atoms with van der Waals surface area (Å²) >= 11 is 1.25. The molecule has 6 N–H and O–H groups in total. The highest BCUT2D eigenvalue weighted by atomic mass is 32.2. The first-order chi connectivity index (χ1) is 27.9. The van der Waals surface area contributed by atoms with E-state index < -0.39 is 46.1 Å². The van der Waals surface area contributed by atoms with E-state index in [2.05, 4.69) is 15.6 Å². The van der Waals surface area contributed by atoms with Crippen molar-refractivity contribution in [2.75, 3.05) is 6.61 Å². The molecule has 0 spiro atoms. The Hall–Kier alpha value is -7.00. The van der Waals surface area contributed by atoms with Crippen LogP contribution in [0.15, 0.2) is 121 Å². The van der Waals surface area contributed by atoms with E-state index in [0.717, 1.165) is 0 Å². The first-order valence-electron chi connectivity index (χ1n) is 18.1. The number of alkyl carbamates (subject to hydrolysis) is 1. The Bertz CT molecular complexity index is 2360. The number of esters is 1. The van der Waals surface area contributed by atoms with Crippen molar-refractivity contribution in [2.24, 2.45) is 0 Å². The van der Waals surface area contributed by atoms with Gasteiger partial charge in [-0.1, -0.05) is 72.8 Å². The second-order valence-electron chi connectivity index (χ2n) is 13.9. The minimum Gasteiger partial charge on any atom is -0.504 e. The van der Waals surface area contributed by atoms with Gasteiger partial charge < -0.3 is 45.4 Å². The number of phenolic OH excluding ortho intramolecular Hbond substituents is 4. The van der Waals surface area contributed by atoms with Crippen molar-refractivity contribution < 1.29 is 49.1 Å². The van der Waals surface area contributed by atoms with Gasteiger partial charge in [0.2, 0.25) is 0 Å². The maximum atomic E-state index is 14.4. The van der Waals surface area contributed by atoms with Crippen LogP contribution in [0.4, 0.5) is 4.79 Å². The number of aromatic nitrogens is 1. The van der Waals surface area contributed by atoms with Gasteiger partial charge in [0.25, 0.3) is 11.8 Å². The number of nitrogens with zero attached hydrogens (tertiary/aromatic N) is 2. The molecule has 58 heavy (non-hydrogen) atoms. The second-order valence-corrected chi connectivity index (χ2v) is 15.5. The highest BCUT2D eigenvalue weighted by Gasteiger charge is 2.64. The predicted molar refractivity (Wildman–Crippen MR) is 212 cm³/mol. The number of thioether (sulfide) groups is 1. The highest BCUT2D eigenvalue weighted by Crippen LogP contribution is 2.54. The Morgan fingerprint density at radius 3 is 1.98 bits per heavy atom. The van der Waals surface area contributed by atoms with Gasteiger partial charge in [0.05, 0.1) is 16.0 Å². The number of rotatable bonds is 12. The molecule has 1 aromatic heterocycles. The number of ether oxygens (including phenoxy) is 2. The Balaban J connectivity index is 1.11. The molecule has 2 saturated heterocycles. The number of hydrogen-bond donors (Lipinski definition) is 6. The molecular weight excluding hydrogens is 765 g/mol. The molecular formula is C43H38N4O10S. The lowest BCUT2D eigenvalue weighted by atomic mass is 9.93. The van der Waals surface area contributed by atoms with Crippen molar-refractivity contribution >= 4 is 41.7 Å².